The number of hydrogen-bond acceptors (Lipinski definition) is 3. The number of hydrogen-bond donors (Lipinski definition) is 2. The predicted octanol–water partition coefficient (Wildman–Crippen LogP) is 2.75. The Morgan fingerprint density at radius 1 is 1.57 bits per heavy atom. The summed E-state index contributed by atoms with van der Waals surface area (Å²) in [5.74, 6) is -0.462. The number of ether oxygens (including phenoxy) is 1. The molecule has 8 heteroatoms. The van der Waals surface area contributed by atoms with Crippen LogP contribution < -0.4 is 5.32 Å². The molecule has 0 aliphatic rings. The molecular weight excluding hydrogens is 361 g/mol. The SMILES string of the molecule is COCCNC(=O)CCn1c(=S)[nH]c2cc(Br)c(F)cc21. The summed E-state index contributed by atoms with van der Waals surface area (Å²) in [5, 5.41) is 2.73. The lowest BCUT2D eigenvalue weighted by Gasteiger charge is -2.06. The molecule has 0 saturated carbocycles. The van der Waals surface area contributed by atoms with Crippen LogP contribution in [0.3, 0.4) is 0 Å². The van der Waals surface area contributed by atoms with Gasteiger partial charge in [-0.15, -0.1) is 0 Å². The second-order valence-electron chi connectivity index (χ2n) is 4.46. The number of fused-ring (bicyclic) bond motifs is 1. The summed E-state index contributed by atoms with van der Waals surface area (Å²) < 4.78 is 21.1. The first kappa shape index (κ1) is 16.1. The molecule has 1 aromatic heterocycles. The Kier molecular flexibility index (Phi) is 5.49. The van der Waals surface area contributed by atoms with Crippen LogP contribution in [0.5, 0.6) is 0 Å². The third kappa shape index (κ3) is 3.90. The molecular formula is C13H15BrFN3O2S. The monoisotopic (exact) mass is 375 g/mol. The molecule has 114 valence electrons. The molecule has 0 saturated heterocycles. The van der Waals surface area contributed by atoms with E-state index in [1.54, 1.807) is 17.7 Å². The Bertz CT molecular complexity index is 713. The first-order valence-corrected chi connectivity index (χ1v) is 7.56. The fourth-order valence-corrected chi connectivity index (χ4v) is 2.61. The van der Waals surface area contributed by atoms with Crippen LogP contribution in [-0.4, -0.2) is 35.7 Å². The van der Waals surface area contributed by atoms with Gasteiger partial charge in [-0.05, 0) is 34.2 Å². The largest absolute Gasteiger partial charge is 0.383 e. The van der Waals surface area contributed by atoms with Gasteiger partial charge in [-0.1, -0.05) is 0 Å². The van der Waals surface area contributed by atoms with Gasteiger partial charge in [0, 0.05) is 32.7 Å². The van der Waals surface area contributed by atoms with E-state index < -0.39 is 0 Å². The smallest absolute Gasteiger partial charge is 0.221 e. The van der Waals surface area contributed by atoms with E-state index in [0.717, 1.165) is 5.52 Å². The molecule has 5 nitrogen and oxygen atoms in total. The molecule has 0 unspecified atom stereocenters. The molecule has 2 rings (SSSR count). The molecule has 2 N–H and O–H groups in total. The number of aromatic amines is 1. The molecule has 0 spiro atoms. The minimum absolute atomic E-state index is 0.0964. The van der Waals surface area contributed by atoms with Crippen LogP contribution in [0.1, 0.15) is 6.42 Å². The number of imidazole rings is 1. The van der Waals surface area contributed by atoms with E-state index in [2.05, 4.69) is 26.2 Å². The van der Waals surface area contributed by atoms with Crippen LogP contribution in [-0.2, 0) is 16.1 Å². The first-order chi connectivity index (χ1) is 10.0. The van der Waals surface area contributed by atoms with Crippen LogP contribution in [0, 0.1) is 10.6 Å². The van der Waals surface area contributed by atoms with Gasteiger partial charge in [0.1, 0.15) is 5.82 Å². The topological polar surface area (TPSA) is 59.0 Å². The number of halogens is 2. The second-order valence-corrected chi connectivity index (χ2v) is 5.70. The standard InChI is InChI=1S/C13H15BrFN3O2S/c1-20-5-3-16-12(19)2-4-18-11-7-9(15)8(14)6-10(11)17-13(18)21/h6-7H,2-5H2,1H3,(H,16,19)(H,17,21). The third-order valence-corrected chi connectivity index (χ3v) is 3.94. The molecule has 0 aliphatic heterocycles. The molecule has 1 amide bonds. The minimum atomic E-state index is -0.366. The summed E-state index contributed by atoms with van der Waals surface area (Å²) in [6.07, 6.45) is 0.267. The average Bonchev–Trinajstić information content (AvgIpc) is 2.72. The molecule has 2 aromatic rings. The van der Waals surface area contributed by atoms with Crippen molar-refractivity contribution in [3.05, 3.63) is 27.2 Å². The van der Waals surface area contributed by atoms with Gasteiger partial charge in [-0.2, -0.15) is 0 Å². The molecule has 21 heavy (non-hydrogen) atoms. The molecule has 0 atom stereocenters. The van der Waals surface area contributed by atoms with Crippen molar-refractivity contribution in [1.82, 2.24) is 14.9 Å². The van der Waals surface area contributed by atoms with E-state index in [9.17, 15) is 9.18 Å². The number of rotatable bonds is 6. The Labute approximate surface area is 134 Å². The minimum Gasteiger partial charge on any atom is -0.383 e. The number of benzene rings is 1. The number of carbonyl (C=O) groups excluding carboxylic acids is 1. The Morgan fingerprint density at radius 3 is 3.05 bits per heavy atom. The molecule has 0 radical (unpaired) electrons. The maximum Gasteiger partial charge on any atom is 0.221 e. The molecule has 0 aliphatic carbocycles. The van der Waals surface area contributed by atoms with Gasteiger partial charge in [0.25, 0.3) is 0 Å². The third-order valence-electron chi connectivity index (χ3n) is 3.01. The molecule has 1 aromatic carbocycles. The molecule has 1 heterocycles. The highest BCUT2D eigenvalue weighted by atomic mass is 79.9. The number of amides is 1. The second kappa shape index (κ2) is 7.15. The summed E-state index contributed by atoms with van der Waals surface area (Å²) >= 11 is 8.35. The Hall–Kier alpha value is -1.25. The summed E-state index contributed by atoms with van der Waals surface area (Å²) in [6, 6.07) is 3.03. The van der Waals surface area contributed by atoms with E-state index in [-0.39, 0.29) is 18.1 Å². The van der Waals surface area contributed by atoms with Gasteiger partial charge < -0.3 is 19.6 Å². The van der Waals surface area contributed by atoms with E-state index >= 15 is 0 Å². The Balaban J connectivity index is 2.12. The predicted molar refractivity (Wildman–Crippen MR) is 84.3 cm³/mol. The van der Waals surface area contributed by atoms with E-state index in [0.29, 0.717) is 34.5 Å². The number of carbonyl (C=O) groups is 1. The van der Waals surface area contributed by atoms with Gasteiger partial charge in [0.2, 0.25) is 5.91 Å². The summed E-state index contributed by atoms with van der Waals surface area (Å²) in [6.45, 7) is 1.33. The zero-order valence-corrected chi connectivity index (χ0v) is 13.8. The van der Waals surface area contributed by atoms with Crippen LogP contribution >= 0.6 is 28.1 Å². The van der Waals surface area contributed by atoms with Crippen LogP contribution in [0.15, 0.2) is 16.6 Å². The lowest BCUT2D eigenvalue weighted by atomic mass is 10.3. The van der Waals surface area contributed by atoms with Crippen molar-refractivity contribution in [2.24, 2.45) is 0 Å². The van der Waals surface area contributed by atoms with Crippen molar-refractivity contribution in [3.63, 3.8) is 0 Å². The number of nitrogens with zero attached hydrogens (tertiary/aromatic N) is 1. The van der Waals surface area contributed by atoms with Crippen LogP contribution in [0.2, 0.25) is 0 Å². The highest BCUT2D eigenvalue weighted by Crippen LogP contribution is 2.23. The fraction of sp³-hybridized carbons (Fsp3) is 0.385. The summed E-state index contributed by atoms with van der Waals surface area (Å²) in [7, 11) is 1.57. The highest BCUT2D eigenvalue weighted by Gasteiger charge is 2.10. The van der Waals surface area contributed by atoms with Crippen molar-refractivity contribution in [1.29, 1.82) is 0 Å². The van der Waals surface area contributed by atoms with Gasteiger partial charge in [-0.3, -0.25) is 4.79 Å². The Morgan fingerprint density at radius 2 is 2.33 bits per heavy atom. The van der Waals surface area contributed by atoms with Gasteiger partial charge in [-0.25, -0.2) is 4.39 Å². The maximum absolute atomic E-state index is 13.6. The normalized spacial score (nSPS) is 11.0. The van der Waals surface area contributed by atoms with E-state index in [4.69, 9.17) is 17.0 Å². The molecule has 0 bridgehead atoms. The van der Waals surface area contributed by atoms with Crippen molar-refractivity contribution in [3.8, 4) is 0 Å². The first-order valence-electron chi connectivity index (χ1n) is 6.36. The number of aryl methyl sites for hydroxylation is 1. The zero-order chi connectivity index (χ0) is 15.4. The fourth-order valence-electron chi connectivity index (χ4n) is 1.97. The summed E-state index contributed by atoms with van der Waals surface area (Å²) in [4.78, 5) is 14.7. The lowest BCUT2D eigenvalue weighted by molar-refractivity contribution is -0.121. The lowest BCUT2D eigenvalue weighted by Crippen LogP contribution is -2.27. The number of methoxy groups -OCH3 is 1. The van der Waals surface area contributed by atoms with Gasteiger partial charge in [0.05, 0.1) is 22.1 Å². The van der Waals surface area contributed by atoms with E-state index in [1.165, 1.54) is 6.07 Å². The number of H-pyrrole nitrogens is 1. The number of nitrogens with one attached hydrogen (secondary N) is 2. The number of aromatic nitrogens is 2. The average molecular weight is 376 g/mol. The van der Waals surface area contributed by atoms with E-state index in [1.807, 2.05) is 0 Å². The highest BCUT2D eigenvalue weighted by molar-refractivity contribution is 9.10. The van der Waals surface area contributed by atoms with Crippen molar-refractivity contribution < 1.29 is 13.9 Å². The van der Waals surface area contributed by atoms with Crippen LogP contribution in [0.4, 0.5) is 4.39 Å². The quantitative estimate of drug-likeness (QED) is 0.602. The zero-order valence-electron chi connectivity index (χ0n) is 11.4. The maximum atomic E-state index is 13.6. The van der Waals surface area contributed by atoms with Crippen molar-refractivity contribution in [2.45, 2.75) is 13.0 Å². The molecule has 0 fully saturated rings. The summed E-state index contributed by atoms with van der Waals surface area (Å²) in [5.41, 5.74) is 1.37. The van der Waals surface area contributed by atoms with Crippen molar-refractivity contribution >= 4 is 45.1 Å². The van der Waals surface area contributed by atoms with Gasteiger partial charge in [0.15, 0.2) is 4.77 Å². The van der Waals surface area contributed by atoms with Gasteiger partial charge >= 0.3 is 0 Å². The van der Waals surface area contributed by atoms with Crippen molar-refractivity contribution in [2.75, 3.05) is 20.3 Å². The van der Waals surface area contributed by atoms with Crippen LogP contribution in [0.25, 0.3) is 11.0 Å².